The van der Waals surface area contributed by atoms with Crippen molar-refractivity contribution in [3.05, 3.63) is 88.2 Å². The van der Waals surface area contributed by atoms with Gasteiger partial charge in [-0.3, -0.25) is 4.31 Å². The molecule has 0 fully saturated rings. The van der Waals surface area contributed by atoms with Gasteiger partial charge in [-0.1, -0.05) is 56.6 Å². The van der Waals surface area contributed by atoms with Crippen molar-refractivity contribution >= 4 is 47.3 Å². The third-order valence-corrected chi connectivity index (χ3v) is 15.0. The van der Waals surface area contributed by atoms with Gasteiger partial charge in [0.15, 0.2) is 8.32 Å². The standard InChI is InChI=1S/C33H38ClF4NO4SSi/c1-22(31-27(34)13-8-14-28(31)35)18-23-15-16-30-29(19-23)39(44(40,41)26-12-7-10-24(20-26)33(36,37)38)21-25(43-30)11-9-17-42-45(5,6)32(2,3)4/h7-8,10,12-16,18-20,25H,9,11,17,21H2,1-6H3. The third kappa shape index (κ3) is 7.93. The van der Waals surface area contributed by atoms with E-state index in [1.165, 1.54) is 12.1 Å². The molecule has 4 rings (SSSR count). The number of alkyl halides is 3. The lowest BCUT2D eigenvalue weighted by atomic mass is 10.0. The number of hydrogen-bond donors (Lipinski definition) is 0. The van der Waals surface area contributed by atoms with E-state index in [-0.39, 0.29) is 33.6 Å². The second-order valence-corrected chi connectivity index (χ2v) is 19.8. The minimum Gasteiger partial charge on any atom is -0.486 e. The summed E-state index contributed by atoms with van der Waals surface area (Å²) in [6.07, 6.45) is -2.56. The fourth-order valence-corrected chi connectivity index (χ4v) is 7.75. The fourth-order valence-electron chi connectivity index (χ4n) is 4.81. The highest BCUT2D eigenvalue weighted by Gasteiger charge is 2.38. The molecule has 0 saturated heterocycles. The number of anilines is 1. The first-order valence-electron chi connectivity index (χ1n) is 14.6. The Bertz CT molecular complexity index is 1670. The predicted octanol–water partition coefficient (Wildman–Crippen LogP) is 9.82. The first-order chi connectivity index (χ1) is 20.8. The molecule has 45 heavy (non-hydrogen) atoms. The van der Waals surface area contributed by atoms with Crippen molar-refractivity contribution in [1.29, 1.82) is 0 Å². The molecule has 1 heterocycles. The van der Waals surface area contributed by atoms with Crippen LogP contribution >= 0.6 is 11.6 Å². The van der Waals surface area contributed by atoms with Crippen LogP contribution < -0.4 is 9.04 Å². The molecule has 0 spiro atoms. The van der Waals surface area contributed by atoms with Crippen LogP contribution in [0.3, 0.4) is 0 Å². The van der Waals surface area contributed by atoms with Crippen LogP contribution in [0.4, 0.5) is 23.2 Å². The summed E-state index contributed by atoms with van der Waals surface area (Å²) in [6, 6.07) is 12.9. The van der Waals surface area contributed by atoms with Gasteiger partial charge in [-0.05, 0) is 91.5 Å². The van der Waals surface area contributed by atoms with E-state index in [1.54, 1.807) is 37.3 Å². The number of benzene rings is 3. The zero-order valence-corrected chi connectivity index (χ0v) is 28.7. The molecule has 1 aliphatic rings. The largest absolute Gasteiger partial charge is 0.486 e. The summed E-state index contributed by atoms with van der Waals surface area (Å²) in [5.41, 5.74) is 0.343. The van der Waals surface area contributed by atoms with E-state index < -0.39 is 46.9 Å². The van der Waals surface area contributed by atoms with Crippen LogP contribution in [0, 0.1) is 5.82 Å². The quantitative estimate of drug-likeness (QED) is 0.0975. The number of rotatable bonds is 9. The Morgan fingerprint density at radius 2 is 1.78 bits per heavy atom. The summed E-state index contributed by atoms with van der Waals surface area (Å²) in [5.74, 6) is -0.238. The van der Waals surface area contributed by atoms with Crippen LogP contribution in [0.1, 0.15) is 57.2 Å². The summed E-state index contributed by atoms with van der Waals surface area (Å²) in [4.78, 5) is -0.486. The average molecular weight is 684 g/mol. The highest BCUT2D eigenvalue weighted by atomic mass is 35.5. The lowest BCUT2D eigenvalue weighted by Crippen LogP contribution is -2.44. The van der Waals surface area contributed by atoms with Crippen molar-refractivity contribution in [3.8, 4) is 5.75 Å². The molecule has 0 aliphatic carbocycles. The van der Waals surface area contributed by atoms with Crippen molar-refractivity contribution in [2.75, 3.05) is 17.5 Å². The number of fused-ring (bicyclic) bond motifs is 1. The smallest absolute Gasteiger partial charge is 0.416 e. The maximum atomic E-state index is 14.6. The normalized spacial score (nSPS) is 16.4. The maximum absolute atomic E-state index is 14.6. The van der Waals surface area contributed by atoms with Crippen LogP contribution in [0.2, 0.25) is 23.2 Å². The van der Waals surface area contributed by atoms with Crippen LogP contribution in [-0.2, 0) is 20.6 Å². The summed E-state index contributed by atoms with van der Waals surface area (Å²) in [5, 5.41) is 0.254. The van der Waals surface area contributed by atoms with Crippen LogP contribution in [-0.4, -0.2) is 36.0 Å². The highest BCUT2D eigenvalue weighted by Crippen LogP contribution is 2.41. The Kier molecular flexibility index (Phi) is 10.2. The van der Waals surface area contributed by atoms with Crippen molar-refractivity contribution in [1.82, 2.24) is 0 Å². The van der Waals surface area contributed by atoms with E-state index in [0.717, 1.165) is 22.5 Å². The molecule has 12 heteroatoms. The molecule has 0 aromatic heterocycles. The number of hydrogen-bond acceptors (Lipinski definition) is 4. The van der Waals surface area contributed by atoms with E-state index in [9.17, 15) is 26.0 Å². The van der Waals surface area contributed by atoms with Crippen LogP contribution in [0.15, 0.2) is 65.6 Å². The molecular weight excluding hydrogens is 646 g/mol. The van der Waals surface area contributed by atoms with E-state index in [4.69, 9.17) is 20.8 Å². The third-order valence-electron chi connectivity index (χ3n) is 8.34. The minimum atomic E-state index is -4.72. The van der Waals surface area contributed by atoms with Crippen molar-refractivity contribution in [3.63, 3.8) is 0 Å². The van der Waals surface area contributed by atoms with E-state index in [1.807, 2.05) is 0 Å². The number of ether oxygens (including phenoxy) is 1. The van der Waals surface area contributed by atoms with Gasteiger partial charge in [-0.2, -0.15) is 13.2 Å². The molecule has 244 valence electrons. The maximum Gasteiger partial charge on any atom is 0.416 e. The Balaban J connectivity index is 1.70. The number of nitrogens with zero attached hydrogens (tertiary/aromatic N) is 1. The first-order valence-corrected chi connectivity index (χ1v) is 19.3. The number of sulfonamides is 1. The number of halogens is 5. The highest BCUT2D eigenvalue weighted by molar-refractivity contribution is 7.92. The molecule has 0 amide bonds. The van der Waals surface area contributed by atoms with Gasteiger partial charge in [-0.15, -0.1) is 0 Å². The summed E-state index contributed by atoms with van der Waals surface area (Å²) in [6.45, 7) is 12.8. The van der Waals surface area contributed by atoms with Gasteiger partial charge in [0.1, 0.15) is 17.7 Å². The fraction of sp³-hybridized carbons (Fsp3) is 0.394. The van der Waals surface area contributed by atoms with E-state index >= 15 is 0 Å². The molecular formula is C33H38ClF4NO4SSi. The van der Waals surface area contributed by atoms with Gasteiger partial charge in [0.05, 0.1) is 27.7 Å². The zero-order valence-electron chi connectivity index (χ0n) is 26.1. The summed E-state index contributed by atoms with van der Waals surface area (Å²) in [7, 11) is -6.43. The van der Waals surface area contributed by atoms with Gasteiger partial charge >= 0.3 is 6.18 Å². The zero-order chi connectivity index (χ0) is 33.4. The molecule has 0 saturated carbocycles. The van der Waals surface area contributed by atoms with Gasteiger partial charge < -0.3 is 9.16 Å². The Morgan fingerprint density at radius 3 is 2.42 bits per heavy atom. The minimum absolute atomic E-state index is 0.0330. The van der Waals surface area contributed by atoms with Crippen LogP contribution in [0.25, 0.3) is 11.6 Å². The van der Waals surface area contributed by atoms with Crippen molar-refractivity contribution in [2.45, 2.75) is 75.8 Å². The van der Waals surface area contributed by atoms with Gasteiger partial charge in [0, 0.05) is 12.2 Å². The molecule has 1 unspecified atom stereocenters. The molecule has 3 aromatic rings. The van der Waals surface area contributed by atoms with Crippen LogP contribution in [0.5, 0.6) is 5.75 Å². The topological polar surface area (TPSA) is 55.8 Å². The van der Waals surface area contributed by atoms with Gasteiger partial charge in [0.25, 0.3) is 10.0 Å². The monoisotopic (exact) mass is 683 g/mol. The molecule has 1 atom stereocenters. The Hall–Kier alpha value is -2.86. The molecule has 1 aliphatic heterocycles. The van der Waals surface area contributed by atoms with Gasteiger partial charge in [-0.25, -0.2) is 12.8 Å². The second-order valence-electron chi connectivity index (χ2n) is 12.7. The van der Waals surface area contributed by atoms with Crippen molar-refractivity contribution in [2.24, 2.45) is 0 Å². The van der Waals surface area contributed by atoms with E-state index in [0.29, 0.717) is 36.7 Å². The lowest BCUT2D eigenvalue weighted by Gasteiger charge is -2.37. The predicted molar refractivity (Wildman–Crippen MR) is 174 cm³/mol. The average Bonchev–Trinajstić information content (AvgIpc) is 2.94. The molecule has 5 nitrogen and oxygen atoms in total. The summed E-state index contributed by atoms with van der Waals surface area (Å²) < 4.78 is 96.7. The lowest BCUT2D eigenvalue weighted by molar-refractivity contribution is -0.137. The first kappa shape index (κ1) is 35.0. The molecule has 0 radical (unpaired) electrons. The Morgan fingerprint density at radius 1 is 1.09 bits per heavy atom. The number of allylic oxidation sites excluding steroid dienone is 1. The Labute approximate surface area is 269 Å². The summed E-state index contributed by atoms with van der Waals surface area (Å²) >= 11 is 6.24. The second kappa shape index (κ2) is 13.1. The van der Waals surface area contributed by atoms with Crippen molar-refractivity contribution < 1.29 is 35.1 Å². The molecule has 3 aromatic carbocycles. The van der Waals surface area contributed by atoms with E-state index in [2.05, 4.69) is 33.9 Å². The SMILES string of the molecule is CC(=Cc1ccc2c(c1)N(S(=O)(=O)c1cccc(C(F)(F)F)c1)CC(CCCO[Si](C)(C)C(C)(C)C)O2)c1c(F)cccc1Cl. The van der Waals surface area contributed by atoms with Gasteiger partial charge in [0.2, 0.25) is 0 Å². The molecule has 0 bridgehead atoms. The molecule has 0 N–H and O–H groups in total.